The van der Waals surface area contributed by atoms with E-state index in [0.29, 0.717) is 11.7 Å². The second kappa shape index (κ2) is 4.71. The highest BCUT2D eigenvalue weighted by molar-refractivity contribution is 7.80. The molecule has 0 amide bonds. The fourth-order valence-corrected chi connectivity index (χ4v) is 1.66. The SMILES string of the molecule is CCOC(=S)c1cccnc1C(C)(C)C. The zero-order valence-electron chi connectivity index (χ0n) is 9.70. The van der Waals surface area contributed by atoms with Crippen LogP contribution < -0.4 is 0 Å². The Morgan fingerprint density at radius 1 is 1.47 bits per heavy atom. The van der Waals surface area contributed by atoms with E-state index in [2.05, 4.69) is 25.8 Å². The Kier molecular flexibility index (Phi) is 3.80. The summed E-state index contributed by atoms with van der Waals surface area (Å²) in [4.78, 5) is 4.39. The number of pyridine rings is 1. The van der Waals surface area contributed by atoms with Crippen molar-refractivity contribution in [3.63, 3.8) is 0 Å². The average Bonchev–Trinajstić information content (AvgIpc) is 2.17. The Bertz CT molecular complexity index is 355. The molecule has 0 fully saturated rings. The highest BCUT2D eigenvalue weighted by Gasteiger charge is 2.21. The van der Waals surface area contributed by atoms with Crippen molar-refractivity contribution in [2.24, 2.45) is 0 Å². The van der Waals surface area contributed by atoms with E-state index in [1.807, 2.05) is 19.1 Å². The molecule has 0 N–H and O–H groups in total. The summed E-state index contributed by atoms with van der Waals surface area (Å²) < 4.78 is 5.36. The Balaban J connectivity index is 3.12. The van der Waals surface area contributed by atoms with Crippen molar-refractivity contribution in [1.29, 1.82) is 0 Å². The first kappa shape index (κ1) is 12.1. The predicted molar refractivity (Wildman–Crippen MR) is 66.3 cm³/mol. The molecule has 1 heterocycles. The molecular weight excluding hydrogens is 206 g/mol. The number of rotatable bonds is 2. The van der Waals surface area contributed by atoms with Crippen LogP contribution in [0.15, 0.2) is 18.3 Å². The van der Waals surface area contributed by atoms with E-state index in [9.17, 15) is 0 Å². The molecule has 0 saturated carbocycles. The van der Waals surface area contributed by atoms with Crippen molar-refractivity contribution < 1.29 is 4.74 Å². The molecule has 0 atom stereocenters. The minimum atomic E-state index is -0.0161. The quantitative estimate of drug-likeness (QED) is 0.719. The molecule has 0 aromatic carbocycles. The van der Waals surface area contributed by atoms with Crippen molar-refractivity contribution in [1.82, 2.24) is 4.98 Å². The summed E-state index contributed by atoms with van der Waals surface area (Å²) in [6, 6.07) is 3.85. The van der Waals surface area contributed by atoms with Gasteiger partial charge in [-0.2, -0.15) is 0 Å². The number of nitrogens with zero attached hydrogens (tertiary/aromatic N) is 1. The van der Waals surface area contributed by atoms with E-state index in [-0.39, 0.29) is 5.41 Å². The smallest absolute Gasteiger partial charge is 0.192 e. The first-order valence-corrected chi connectivity index (χ1v) is 5.50. The summed E-state index contributed by atoms with van der Waals surface area (Å²) in [6.07, 6.45) is 1.79. The lowest BCUT2D eigenvalue weighted by Gasteiger charge is -2.21. The molecule has 0 aliphatic carbocycles. The van der Waals surface area contributed by atoms with Crippen LogP contribution in [0, 0.1) is 0 Å². The van der Waals surface area contributed by atoms with Gasteiger partial charge >= 0.3 is 0 Å². The van der Waals surface area contributed by atoms with E-state index >= 15 is 0 Å². The van der Waals surface area contributed by atoms with E-state index in [1.54, 1.807) is 6.20 Å². The van der Waals surface area contributed by atoms with E-state index in [0.717, 1.165) is 11.3 Å². The zero-order chi connectivity index (χ0) is 11.5. The van der Waals surface area contributed by atoms with Gasteiger partial charge in [0.2, 0.25) is 0 Å². The summed E-state index contributed by atoms with van der Waals surface area (Å²) in [7, 11) is 0. The molecule has 1 aromatic heterocycles. The molecule has 2 nitrogen and oxygen atoms in total. The van der Waals surface area contributed by atoms with Gasteiger partial charge < -0.3 is 4.74 Å². The first-order valence-electron chi connectivity index (χ1n) is 5.09. The molecule has 82 valence electrons. The molecule has 0 saturated heterocycles. The second-order valence-electron chi connectivity index (χ2n) is 4.37. The number of hydrogen-bond donors (Lipinski definition) is 0. The van der Waals surface area contributed by atoms with Gasteiger partial charge in [-0.25, -0.2) is 0 Å². The topological polar surface area (TPSA) is 22.1 Å². The van der Waals surface area contributed by atoms with Crippen LogP contribution in [0.25, 0.3) is 0 Å². The minimum absolute atomic E-state index is 0.0161. The molecule has 15 heavy (non-hydrogen) atoms. The predicted octanol–water partition coefficient (Wildman–Crippen LogP) is 3.09. The Morgan fingerprint density at radius 2 is 2.13 bits per heavy atom. The lowest BCUT2D eigenvalue weighted by atomic mass is 9.88. The summed E-state index contributed by atoms with van der Waals surface area (Å²) in [5.74, 6) is 0. The van der Waals surface area contributed by atoms with Gasteiger partial charge in [-0.3, -0.25) is 4.98 Å². The van der Waals surface area contributed by atoms with E-state index in [4.69, 9.17) is 17.0 Å². The van der Waals surface area contributed by atoms with Crippen molar-refractivity contribution >= 4 is 17.3 Å². The van der Waals surface area contributed by atoms with Crippen molar-refractivity contribution in [3.05, 3.63) is 29.6 Å². The first-order chi connectivity index (χ1) is 6.96. The van der Waals surface area contributed by atoms with Crippen molar-refractivity contribution in [2.75, 3.05) is 6.61 Å². The maximum absolute atomic E-state index is 5.36. The molecule has 0 aliphatic heterocycles. The highest BCUT2D eigenvalue weighted by atomic mass is 32.1. The molecule has 0 unspecified atom stereocenters. The molecule has 0 bridgehead atoms. The summed E-state index contributed by atoms with van der Waals surface area (Å²) >= 11 is 5.21. The normalized spacial score (nSPS) is 11.2. The van der Waals surface area contributed by atoms with Gasteiger partial charge in [0, 0.05) is 11.6 Å². The van der Waals surface area contributed by atoms with Gasteiger partial charge in [-0.15, -0.1) is 0 Å². The molecular formula is C12H17NOS. The Hall–Kier alpha value is -0.960. The number of thiocarbonyl (C=S) groups is 1. The molecule has 0 radical (unpaired) electrons. The number of aromatic nitrogens is 1. The van der Waals surface area contributed by atoms with Gasteiger partial charge in [0.25, 0.3) is 0 Å². The van der Waals surface area contributed by atoms with Gasteiger partial charge in [-0.05, 0) is 31.3 Å². The van der Waals surface area contributed by atoms with Crippen LogP contribution in [-0.2, 0) is 10.2 Å². The fourth-order valence-electron chi connectivity index (χ4n) is 1.38. The van der Waals surface area contributed by atoms with Gasteiger partial charge in [0.05, 0.1) is 17.9 Å². The maximum atomic E-state index is 5.36. The van der Waals surface area contributed by atoms with Crippen LogP contribution in [0.1, 0.15) is 39.0 Å². The monoisotopic (exact) mass is 223 g/mol. The van der Waals surface area contributed by atoms with Gasteiger partial charge in [-0.1, -0.05) is 20.8 Å². The Labute approximate surface area is 96.7 Å². The fraction of sp³-hybridized carbons (Fsp3) is 0.500. The molecule has 0 spiro atoms. The number of ether oxygens (including phenoxy) is 1. The Morgan fingerprint density at radius 3 is 2.67 bits per heavy atom. The summed E-state index contributed by atoms with van der Waals surface area (Å²) in [5, 5.41) is 0.538. The summed E-state index contributed by atoms with van der Waals surface area (Å²) in [5.41, 5.74) is 1.91. The standard InChI is InChI=1S/C12H17NOS/c1-5-14-11(15)9-7-6-8-13-10(9)12(2,3)4/h6-8H,5H2,1-4H3. The number of hydrogen-bond acceptors (Lipinski definition) is 3. The van der Waals surface area contributed by atoms with Crippen LogP contribution in [-0.4, -0.2) is 16.6 Å². The van der Waals surface area contributed by atoms with Crippen LogP contribution in [0.4, 0.5) is 0 Å². The lowest BCUT2D eigenvalue weighted by Crippen LogP contribution is -2.19. The lowest BCUT2D eigenvalue weighted by molar-refractivity contribution is 0.336. The molecule has 3 heteroatoms. The van der Waals surface area contributed by atoms with Crippen molar-refractivity contribution in [3.8, 4) is 0 Å². The third-order valence-corrected chi connectivity index (χ3v) is 2.35. The van der Waals surface area contributed by atoms with Gasteiger partial charge in [0.15, 0.2) is 5.05 Å². The second-order valence-corrected chi connectivity index (χ2v) is 4.74. The zero-order valence-corrected chi connectivity index (χ0v) is 10.5. The highest BCUT2D eigenvalue weighted by Crippen LogP contribution is 2.24. The van der Waals surface area contributed by atoms with Crippen LogP contribution >= 0.6 is 12.2 Å². The average molecular weight is 223 g/mol. The third-order valence-electron chi connectivity index (χ3n) is 2.01. The third kappa shape index (κ3) is 2.99. The largest absolute Gasteiger partial charge is 0.483 e. The minimum Gasteiger partial charge on any atom is -0.483 e. The van der Waals surface area contributed by atoms with Crippen LogP contribution in [0.3, 0.4) is 0 Å². The molecule has 1 rings (SSSR count). The van der Waals surface area contributed by atoms with E-state index in [1.165, 1.54) is 0 Å². The molecule has 1 aromatic rings. The van der Waals surface area contributed by atoms with Crippen LogP contribution in [0.5, 0.6) is 0 Å². The maximum Gasteiger partial charge on any atom is 0.192 e. The van der Waals surface area contributed by atoms with E-state index < -0.39 is 0 Å². The van der Waals surface area contributed by atoms with Crippen molar-refractivity contribution in [2.45, 2.75) is 33.1 Å². The van der Waals surface area contributed by atoms with Crippen LogP contribution in [0.2, 0.25) is 0 Å². The summed E-state index contributed by atoms with van der Waals surface area (Å²) in [6.45, 7) is 8.88. The van der Waals surface area contributed by atoms with Gasteiger partial charge in [0.1, 0.15) is 0 Å². The molecule has 0 aliphatic rings.